The van der Waals surface area contributed by atoms with Gasteiger partial charge >= 0.3 is 12.2 Å². The van der Waals surface area contributed by atoms with Crippen molar-refractivity contribution in [2.75, 3.05) is 11.9 Å². The summed E-state index contributed by atoms with van der Waals surface area (Å²) in [5, 5.41) is 5.21. The number of nitrogens with two attached hydrogens (primary N) is 1. The number of hydrogen-bond donors (Lipinski definition) is 3. The zero-order valence-corrected chi connectivity index (χ0v) is 11.4. The van der Waals surface area contributed by atoms with Gasteiger partial charge in [-0.15, -0.1) is 0 Å². The Morgan fingerprint density at radius 3 is 2.86 bits per heavy atom. The van der Waals surface area contributed by atoms with E-state index in [4.69, 9.17) is 5.73 Å². The lowest BCUT2D eigenvalue weighted by Gasteiger charge is -2.15. The van der Waals surface area contributed by atoms with E-state index < -0.39 is 17.9 Å². The number of carbonyl (C=O) groups is 1. The van der Waals surface area contributed by atoms with E-state index in [2.05, 4.69) is 20.6 Å². The van der Waals surface area contributed by atoms with Crippen molar-refractivity contribution in [2.45, 2.75) is 19.0 Å². The lowest BCUT2D eigenvalue weighted by atomic mass is 10.0. The maximum atomic E-state index is 12.6. The predicted molar refractivity (Wildman–Crippen MR) is 73.6 cm³/mol. The van der Waals surface area contributed by atoms with Crippen molar-refractivity contribution in [1.29, 1.82) is 0 Å². The Morgan fingerprint density at radius 1 is 1.41 bits per heavy atom. The fourth-order valence-corrected chi connectivity index (χ4v) is 1.90. The summed E-state index contributed by atoms with van der Waals surface area (Å²) in [6.45, 7) is 0.254. The monoisotopic (exact) mass is 313 g/mol. The molecule has 6 nitrogen and oxygen atoms in total. The minimum Gasteiger partial charge on any atom is -0.352 e. The van der Waals surface area contributed by atoms with Gasteiger partial charge in [-0.3, -0.25) is 0 Å². The number of allylic oxidation sites excluding steroid dienone is 2. The number of alkyl halides is 3. The summed E-state index contributed by atoms with van der Waals surface area (Å²) in [4.78, 5) is 17.9. The van der Waals surface area contributed by atoms with Crippen molar-refractivity contribution >= 4 is 12.0 Å². The van der Waals surface area contributed by atoms with Crippen LogP contribution in [0.3, 0.4) is 0 Å². The van der Waals surface area contributed by atoms with E-state index in [-0.39, 0.29) is 12.5 Å². The molecule has 0 saturated heterocycles. The first kappa shape index (κ1) is 15.8. The summed E-state index contributed by atoms with van der Waals surface area (Å²) >= 11 is 0. The molecule has 2 rings (SSSR count). The molecule has 4 N–H and O–H groups in total. The van der Waals surface area contributed by atoms with Gasteiger partial charge in [-0.05, 0) is 30.6 Å². The van der Waals surface area contributed by atoms with Crippen LogP contribution in [0.1, 0.15) is 18.5 Å². The third kappa shape index (κ3) is 4.47. The molecule has 0 atom stereocenters. The van der Waals surface area contributed by atoms with Gasteiger partial charge in [0.1, 0.15) is 5.69 Å². The third-order valence-electron chi connectivity index (χ3n) is 2.86. The molecule has 1 aliphatic rings. The SMILES string of the molecule is NC(=O)NCC1=CCCC(Nc2nccc(C(F)(F)F)n2)=C1. The van der Waals surface area contributed by atoms with Crippen molar-refractivity contribution in [3.63, 3.8) is 0 Å². The first-order chi connectivity index (χ1) is 10.3. The predicted octanol–water partition coefficient (Wildman–Crippen LogP) is 2.18. The second-order valence-corrected chi connectivity index (χ2v) is 4.59. The van der Waals surface area contributed by atoms with Crippen LogP contribution in [-0.2, 0) is 6.18 Å². The fraction of sp³-hybridized carbons (Fsp3) is 0.308. The minimum absolute atomic E-state index is 0.120. The number of urea groups is 1. The van der Waals surface area contributed by atoms with E-state index in [1.54, 1.807) is 6.08 Å². The number of rotatable bonds is 4. The van der Waals surface area contributed by atoms with Crippen LogP contribution in [0.2, 0.25) is 0 Å². The lowest BCUT2D eigenvalue weighted by Crippen LogP contribution is -2.31. The van der Waals surface area contributed by atoms with Gasteiger partial charge in [-0.2, -0.15) is 13.2 Å². The van der Waals surface area contributed by atoms with Crippen molar-refractivity contribution < 1.29 is 18.0 Å². The largest absolute Gasteiger partial charge is 0.433 e. The van der Waals surface area contributed by atoms with Crippen LogP contribution in [0, 0.1) is 0 Å². The standard InChI is InChI=1S/C13H14F3N5O/c14-13(15,16)10-4-5-18-12(21-10)20-9-3-1-2-8(6-9)7-19-11(17)22/h2,4-6H,1,3,7H2,(H3,17,19,22)(H,18,20,21). The number of halogens is 3. The molecule has 1 aromatic heterocycles. The molecule has 1 aliphatic carbocycles. The Kier molecular flexibility index (Phi) is 4.64. The molecule has 9 heteroatoms. The number of anilines is 1. The number of primary amides is 1. The summed E-state index contributed by atoms with van der Waals surface area (Å²) in [6.07, 6.45) is 1.47. The highest BCUT2D eigenvalue weighted by molar-refractivity contribution is 5.72. The summed E-state index contributed by atoms with van der Waals surface area (Å²) in [5.74, 6) is -0.120. The molecule has 0 fully saturated rings. The van der Waals surface area contributed by atoms with Crippen LogP contribution in [-0.4, -0.2) is 22.5 Å². The molecular formula is C13H14F3N5O. The molecule has 0 unspecified atom stereocenters. The quantitative estimate of drug-likeness (QED) is 0.794. The Balaban J connectivity index is 2.07. The zero-order chi connectivity index (χ0) is 16.2. The highest BCUT2D eigenvalue weighted by atomic mass is 19.4. The molecule has 0 spiro atoms. The van der Waals surface area contributed by atoms with E-state index >= 15 is 0 Å². The van der Waals surface area contributed by atoms with Crippen LogP contribution in [0.15, 0.2) is 35.7 Å². The molecular weight excluding hydrogens is 299 g/mol. The van der Waals surface area contributed by atoms with Crippen LogP contribution >= 0.6 is 0 Å². The highest BCUT2D eigenvalue weighted by Gasteiger charge is 2.32. The lowest BCUT2D eigenvalue weighted by molar-refractivity contribution is -0.141. The molecule has 0 saturated carbocycles. The van der Waals surface area contributed by atoms with Crippen molar-refractivity contribution in [3.05, 3.63) is 41.4 Å². The van der Waals surface area contributed by atoms with Crippen molar-refractivity contribution in [2.24, 2.45) is 5.73 Å². The van der Waals surface area contributed by atoms with Gasteiger partial charge in [0.15, 0.2) is 0 Å². The molecule has 0 aliphatic heterocycles. The van der Waals surface area contributed by atoms with Gasteiger partial charge in [0, 0.05) is 18.4 Å². The van der Waals surface area contributed by atoms with Crippen molar-refractivity contribution in [3.8, 4) is 0 Å². The second kappa shape index (κ2) is 6.46. The van der Waals surface area contributed by atoms with E-state index in [1.165, 1.54) is 0 Å². The summed E-state index contributed by atoms with van der Waals surface area (Å²) < 4.78 is 37.8. The van der Waals surface area contributed by atoms with Crippen LogP contribution in [0.25, 0.3) is 0 Å². The average Bonchev–Trinajstić information content (AvgIpc) is 2.45. The highest BCUT2D eigenvalue weighted by Crippen LogP contribution is 2.28. The number of hydrogen-bond acceptors (Lipinski definition) is 4. The molecule has 0 radical (unpaired) electrons. The molecule has 2 amide bonds. The van der Waals surface area contributed by atoms with Crippen LogP contribution in [0.4, 0.5) is 23.9 Å². The van der Waals surface area contributed by atoms with Crippen LogP contribution in [0.5, 0.6) is 0 Å². The molecule has 0 aromatic carbocycles. The van der Waals surface area contributed by atoms with Gasteiger partial charge in [0.25, 0.3) is 0 Å². The Hall–Kier alpha value is -2.58. The van der Waals surface area contributed by atoms with E-state index in [0.717, 1.165) is 17.8 Å². The average molecular weight is 313 g/mol. The van der Waals surface area contributed by atoms with Gasteiger partial charge in [-0.1, -0.05) is 6.08 Å². The zero-order valence-electron chi connectivity index (χ0n) is 11.4. The Labute approximate surface area is 124 Å². The third-order valence-corrected chi connectivity index (χ3v) is 2.86. The number of nitrogens with one attached hydrogen (secondary N) is 2. The Bertz CT molecular complexity index is 624. The number of nitrogens with zero attached hydrogens (tertiary/aromatic N) is 2. The molecule has 1 heterocycles. The summed E-state index contributed by atoms with van der Waals surface area (Å²) in [7, 11) is 0. The van der Waals surface area contributed by atoms with E-state index in [1.807, 2.05) is 6.08 Å². The number of carbonyl (C=O) groups excluding carboxylic acids is 1. The molecule has 1 aromatic rings. The van der Waals surface area contributed by atoms with Gasteiger partial charge < -0.3 is 16.4 Å². The summed E-state index contributed by atoms with van der Waals surface area (Å²) in [6, 6.07) is 0.165. The second-order valence-electron chi connectivity index (χ2n) is 4.59. The molecule has 22 heavy (non-hydrogen) atoms. The van der Waals surface area contributed by atoms with Crippen LogP contribution < -0.4 is 16.4 Å². The maximum absolute atomic E-state index is 12.6. The maximum Gasteiger partial charge on any atom is 0.433 e. The molecule has 0 bridgehead atoms. The van der Waals surface area contributed by atoms with E-state index in [9.17, 15) is 18.0 Å². The molecule has 118 valence electrons. The number of aromatic nitrogens is 2. The first-order valence-corrected chi connectivity index (χ1v) is 6.45. The van der Waals surface area contributed by atoms with Crippen molar-refractivity contribution in [1.82, 2.24) is 15.3 Å². The minimum atomic E-state index is -4.52. The fourth-order valence-electron chi connectivity index (χ4n) is 1.90. The topological polar surface area (TPSA) is 92.9 Å². The van der Waals surface area contributed by atoms with Gasteiger partial charge in [0.2, 0.25) is 5.95 Å². The van der Waals surface area contributed by atoms with Gasteiger partial charge in [-0.25, -0.2) is 14.8 Å². The Morgan fingerprint density at radius 2 is 2.18 bits per heavy atom. The smallest absolute Gasteiger partial charge is 0.352 e. The van der Waals surface area contributed by atoms with Gasteiger partial charge in [0.05, 0.1) is 0 Å². The first-order valence-electron chi connectivity index (χ1n) is 6.45. The van der Waals surface area contributed by atoms with E-state index in [0.29, 0.717) is 18.5 Å². The summed E-state index contributed by atoms with van der Waals surface area (Å²) in [5.41, 5.74) is 5.45. The normalized spacial score (nSPS) is 14.9. The number of amides is 2.